The maximum Gasteiger partial charge on any atom is 0.137 e. The van der Waals surface area contributed by atoms with E-state index in [4.69, 9.17) is 13.3 Å². The van der Waals surface area contributed by atoms with Crippen molar-refractivity contribution in [3.63, 3.8) is 0 Å². The molecule has 62 heavy (non-hydrogen) atoms. The van der Waals surface area contributed by atoms with Gasteiger partial charge in [0.1, 0.15) is 33.5 Å². The Balaban J connectivity index is 0.949. The third-order valence-electron chi connectivity index (χ3n) is 12.5. The van der Waals surface area contributed by atoms with Crippen molar-refractivity contribution in [1.82, 2.24) is 0 Å². The molecule has 0 saturated carbocycles. The molecule has 0 atom stereocenters. The van der Waals surface area contributed by atoms with Crippen molar-refractivity contribution < 1.29 is 13.3 Å². The molecule has 0 bridgehead atoms. The van der Waals surface area contributed by atoms with E-state index in [0.29, 0.717) is 0 Å². The Kier molecular flexibility index (Phi) is 7.57. The zero-order valence-electron chi connectivity index (χ0n) is 33.4. The molecule has 0 amide bonds. The first kappa shape index (κ1) is 34.5. The predicted molar refractivity (Wildman–Crippen MR) is 257 cm³/mol. The van der Waals surface area contributed by atoms with Gasteiger partial charge in [-0.15, -0.1) is 0 Å². The topological polar surface area (TPSA) is 42.7 Å². The molecule has 13 rings (SSSR count). The van der Waals surface area contributed by atoms with Crippen molar-refractivity contribution in [2.45, 2.75) is 0 Å². The summed E-state index contributed by atoms with van der Waals surface area (Å²) in [5.41, 5.74) is 15.1. The summed E-state index contributed by atoms with van der Waals surface area (Å²) < 4.78 is 19.8. The van der Waals surface area contributed by atoms with Crippen LogP contribution in [0.1, 0.15) is 0 Å². The van der Waals surface area contributed by atoms with Gasteiger partial charge in [0.25, 0.3) is 0 Å². The minimum atomic E-state index is 0.827. The largest absolute Gasteiger partial charge is 0.456 e. The monoisotopic (exact) mass is 793 g/mol. The molecule has 0 N–H and O–H groups in total. The van der Waals surface area contributed by atoms with Crippen LogP contribution in [0.4, 0.5) is 17.1 Å². The van der Waals surface area contributed by atoms with Crippen LogP contribution >= 0.6 is 0 Å². The molecule has 13 aromatic rings. The molecular weight excluding hydrogens is 759 g/mol. The minimum absolute atomic E-state index is 0.827. The van der Waals surface area contributed by atoms with Crippen LogP contribution in [0.25, 0.3) is 110 Å². The Morgan fingerprint density at radius 1 is 0.258 bits per heavy atom. The summed E-state index contributed by atoms with van der Waals surface area (Å²) in [6, 6.07) is 74.8. The SMILES string of the molecule is c1ccc(-c2ccc(N(c3ccc(-c4ccccc4)cc3)c3ccc4c(c3)oc3cc(-c5cccc6oc7ccc8ccc9oc%10ccccc%10c9c8c7c56)ccc34)cc2)cc1. The van der Waals surface area contributed by atoms with Gasteiger partial charge in [-0.25, -0.2) is 0 Å². The van der Waals surface area contributed by atoms with Crippen LogP contribution in [0.5, 0.6) is 0 Å². The lowest BCUT2D eigenvalue weighted by molar-refractivity contribution is 0.668. The molecule has 0 aliphatic heterocycles. The number of furan rings is 3. The molecule has 290 valence electrons. The number of nitrogens with zero attached hydrogens (tertiary/aromatic N) is 1. The average molecular weight is 794 g/mol. The molecule has 0 radical (unpaired) electrons. The van der Waals surface area contributed by atoms with Crippen LogP contribution in [0.2, 0.25) is 0 Å². The van der Waals surface area contributed by atoms with E-state index in [1.54, 1.807) is 0 Å². The van der Waals surface area contributed by atoms with Crippen molar-refractivity contribution in [3.8, 4) is 33.4 Å². The fourth-order valence-corrected chi connectivity index (χ4v) is 9.57. The van der Waals surface area contributed by atoms with Gasteiger partial charge < -0.3 is 18.2 Å². The third-order valence-corrected chi connectivity index (χ3v) is 12.5. The predicted octanol–water partition coefficient (Wildman–Crippen LogP) is 17.0. The first-order chi connectivity index (χ1) is 30.7. The Bertz CT molecular complexity index is 3750. The van der Waals surface area contributed by atoms with Crippen LogP contribution in [0.15, 0.2) is 226 Å². The first-order valence-corrected chi connectivity index (χ1v) is 21.0. The fourth-order valence-electron chi connectivity index (χ4n) is 9.57. The highest BCUT2D eigenvalue weighted by atomic mass is 16.3. The van der Waals surface area contributed by atoms with Gasteiger partial charge in [-0.1, -0.05) is 133 Å². The molecule has 0 saturated heterocycles. The van der Waals surface area contributed by atoms with Gasteiger partial charge in [-0.3, -0.25) is 0 Å². The molecule has 4 nitrogen and oxygen atoms in total. The molecule has 0 aliphatic carbocycles. The Morgan fingerprint density at radius 3 is 1.45 bits per heavy atom. The summed E-state index contributed by atoms with van der Waals surface area (Å²) in [6.07, 6.45) is 0. The lowest BCUT2D eigenvalue weighted by atomic mass is 9.94. The average Bonchev–Trinajstić information content (AvgIpc) is 4.03. The van der Waals surface area contributed by atoms with Gasteiger partial charge in [0.05, 0.1) is 0 Å². The summed E-state index contributed by atoms with van der Waals surface area (Å²) in [7, 11) is 0. The second-order valence-corrected chi connectivity index (χ2v) is 16.0. The maximum atomic E-state index is 6.82. The molecule has 0 spiro atoms. The summed E-state index contributed by atoms with van der Waals surface area (Å²) in [6.45, 7) is 0. The van der Waals surface area contributed by atoms with E-state index in [0.717, 1.165) is 105 Å². The molecular formula is C58H35NO3. The summed E-state index contributed by atoms with van der Waals surface area (Å²) >= 11 is 0. The van der Waals surface area contributed by atoms with Crippen LogP contribution in [0.3, 0.4) is 0 Å². The van der Waals surface area contributed by atoms with E-state index in [-0.39, 0.29) is 0 Å². The Hall–Kier alpha value is -8.34. The van der Waals surface area contributed by atoms with E-state index in [1.807, 2.05) is 12.1 Å². The highest BCUT2D eigenvalue weighted by molar-refractivity contribution is 6.32. The molecule has 4 heteroatoms. The van der Waals surface area contributed by atoms with Gasteiger partial charge in [0, 0.05) is 60.8 Å². The van der Waals surface area contributed by atoms with Gasteiger partial charge in [0.2, 0.25) is 0 Å². The minimum Gasteiger partial charge on any atom is -0.456 e. The number of rotatable bonds is 6. The van der Waals surface area contributed by atoms with Gasteiger partial charge in [-0.05, 0) is 112 Å². The van der Waals surface area contributed by atoms with E-state index >= 15 is 0 Å². The summed E-state index contributed by atoms with van der Waals surface area (Å²) in [4.78, 5) is 2.30. The third kappa shape index (κ3) is 5.40. The highest BCUT2D eigenvalue weighted by Crippen LogP contribution is 2.46. The number of anilines is 3. The second-order valence-electron chi connectivity index (χ2n) is 16.0. The lowest BCUT2D eigenvalue weighted by Crippen LogP contribution is -2.09. The molecule has 3 heterocycles. The van der Waals surface area contributed by atoms with Crippen molar-refractivity contribution in [2.75, 3.05) is 4.90 Å². The zero-order valence-corrected chi connectivity index (χ0v) is 33.4. The second kappa shape index (κ2) is 13.6. The molecule has 0 fully saturated rings. The number of hydrogen-bond donors (Lipinski definition) is 0. The number of benzene rings is 10. The standard InChI is InChI=1S/C58H35NO3/c1-3-10-36(11-4-1)38-18-25-42(26-19-38)59(43-27-20-39(21-28-43)37-12-5-2-6-13-37)44-29-31-47-46-30-22-41(34-53(46)62-54(47)35-44)45-15-9-17-50-56(45)58-52(61-50)33-24-40-23-32-51-57(55(40)58)48-14-7-8-16-49(48)60-51/h1-35H. The number of fused-ring (bicyclic) bond motifs is 12. The highest BCUT2D eigenvalue weighted by Gasteiger charge is 2.21. The van der Waals surface area contributed by atoms with Gasteiger partial charge in [-0.2, -0.15) is 0 Å². The smallest absolute Gasteiger partial charge is 0.137 e. The Morgan fingerprint density at radius 2 is 0.758 bits per heavy atom. The molecule has 0 aliphatic rings. The van der Waals surface area contributed by atoms with Crippen LogP contribution in [-0.4, -0.2) is 0 Å². The zero-order chi connectivity index (χ0) is 40.7. The van der Waals surface area contributed by atoms with E-state index < -0.39 is 0 Å². The fraction of sp³-hybridized carbons (Fsp3) is 0. The first-order valence-electron chi connectivity index (χ1n) is 21.0. The van der Waals surface area contributed by atoms with Crippen LogP contribution in [-0.2, 0) is 0 Å². The van der Waals surface area contributed by atoms with Crippen LogP contribution < -0.4 is 4.90 Å². The number of hydrogen-bond acceptors (Lipinski definition) is 4. The van der Waals surface area contributed by atoms with E-state index in [1.165, 1.54) is 22.3 Å². The van der Waals surface area contributed by atoms with E-state index in [9.17, 15) is 0 Å². The Labute approximate surface area is 356 Å². The summed E-state index contributed by atoms with van der Waals surface area (Å²) in [5, 5.41) is 8.81. The van der Waals surface area contributed by atoms with Crippen molar-refractivity contribution in [1.29, 1.82) is 0 Å². The normalized spacial score (nSPS) is 11.9. The van der Waals surface area contributed by atoms with E-state index in [2.05, 4.69) is 205 Å². The maximum absolute atomic E-state index is 6.82. The number of para-hydroxylation sites is 1. The molecule has 3 aromatic heterocycles. The van der Waals surface area contributed by atoms with Crippen LogP contribution in [0, 0.1) is 0 Å². The summed E-state index contributed by atoms with van der Waals surface area (Å²) in [5.74, 6) is 0. The quantitative estimate of drug-likeness (QED) is 0.168. The van der Waals surface area contributed by atoms with Gasteiger partial charge >= 0.3 is 0 Å². The lowest BCUT2D eigenvalue weighted by Gasteiger charge is -2.26. The molecule has 10 aromatic carbocycles. The molecule has 0 unspecified atom stereocenters. The van der Waals surface area contributed by atoms with Crippen molar-refractivity contribution >= 4 is 93.7 Å². The van der Waals surface area contributed by atoms with Crippen molar-refractivity contribution in [2.24, 2.45) is 0 Å². The van der Waals surface area contributed by atoms with Crippen molar-refractivity contribution in [3.05, 3.63) is 212 Å². The van der Waals surface area contributed by atoms with Gasteiger partial charge in [0.15, 0.2) is 0 Å².